The predicted molar refractivity (Wildman–Crippen MR) is 138 cm³/mol. The van der Waals surface area contributed by atoms with E-state index in [0.29, 0.717) is 34.8 Å². The number of aromatic nitrogens is 3. The van der Waals surface area contributed by atoms with E-state index in [4.69, 9.17) is 4.74 Å². The van der Waals surface area contributed by atoms with Crippen LogP contribution >= 0.6 is 0 Å². The fourth-order valence-electron chi connectivity index (χ4n) is 4.95. The number of benzene rings is 1. The minimum absolute atomic E-state index is 0.0234. The highest BCUT2D eigenvalue weighted by molar-refractivity contribution is 5.94. The van der Waals surface area contributed by atoms with Crippen LogP contribution in [0.1, 0.15) is 36.4 Å². The highest BCUT2D eigenvalue weighted by Gasteiger charge is 2.39. The summed E-state index contributed by atoms with van der Waals surface area (Å²) in [6, 6.07) is 3.54. The van der Waals surface area contributed by atoms with E-state index < -0.39 is 35.6 Å². The quantitative estimate of drug-likeness (QED) is 0.494. The summed E-state index contributed by atoms with van der Waals surface area (Å²) in [5, 5.41) is 12.5. The average Bonchev–Trinajstić information content (AvgIpc) is 3.55. The monoisotopic (exact) mass is 553 g/mol. The van der Waals surface area contributed by atoms with E-state index in [-0.39, 0.29) is 30.7 Å². The van der Waals surface area contributed by atoms with Gasteiger partial charge in [0.15, 0.2) is 17.4 Å². The standard InChI is InChI=1S/C27H26F3N7O3/c1-14-24(35(2)34-25(14)33-26(38)15-3-4-15)21-10-23(20(30)11-31-21)40-19-12-36(13-19)27(39)37-22(5-6-32-37)16-7-17(28)9-18(29)8-16/h6-11,15,19,22H,3-5,12-13H2,1-2H3,(H,33,34,38)/t22-/m0/s1. The molecule has 6 rings (SSSR count). The van der Waals surface area contributed by atoms with Gasteiger partial charge < -0.3 is 15.0 Å². The maximum atomic E-state index is 14.6. The second-order valence-electron chi connectivity index (χ2n) is 10.2. The molecule has 3 amide bonds. The molecule has 1 aliphatic carbocycles. The molecular formula is C27H26F3N7O3. The number of ether oxygens (including phenoxy) is 1. The molecule has 4 heterocycles. The van der Waals surface area contributed by atoms with Gasteiger partial charge in [-0.2, -0.15) is 10.2 Å². The molecule has 2 aromatic heterocycles. The highest BCUT2D eigenvalue weighted by Crippen LogP contribution is 2.35. The lowest BCUT2D eigenvalue weighted by molar-refractivity contribution is -0.117. The Morgan fingerprint density at radius 1 is 1.07 bits per heavy atom. The van der Waals surface area contributed by atoms with E-state index >= 15 is 0 Å². The molecule has 3 aromatic rings. The SMILES string of the molecule is Cc1c(NC(=O)C2CC2)nn(C)c1-c1cc(OC2CN(C(=O)N3N=CC[C@H]3c3cc(F)cc(F)c3)C2)c(F)cn1. The van der Waals surface area contributed by atoms with Crippen molar-refractivity contribution in [1.82, 2.24) is 24.7 Å². The maximum absolute atomic E-state index is 14.6. The van der Waals surface area contributed by atoms with Crippen molar-refractivity contribution >= 4 is 24.0 Å². The van der Waals surface area contributed by atoms with Crippen LogP contribution in [0.5, 0.6) is 5.75 Å². The third kappa shape index (κ3) is 4.87. The number of hydrogen-bond donors (Lipinski definition) is 1. The van der Waals surface area contributed by atoms with Gasteiger partial charge in [0.05, 0.1) is 36.7 Å². The number of hydrazone groups is 1. The third-order valence-corrected chi connectivity index (χ3v) is 7.24. The number of nitrogens with zero attached hydrogens (tertiary/aromatic N) is 6. The van der Waals surface area contributed by atoms with Crippen molar-refractivity contribution in [3.63, 3.8) is 0 Å². The van der Waals surface area contributed by atoms with Crippen molar-refractivity contribution < 1.29 is 27.5 Å². The van der Waals surface area contributed by atoms with Gasteiger partial charge in [-0.15, -0.1) is 0 Å². The number of halogens is 3. The summed E-state index contributed by atoms with van der Waals surface area (Å²) in [6.45, 7) is 2.15. The number of urea groups is 1. The zero-order chi connectivity index (χ0) is 28.1. The van der Waals surface area contributed by atoms with Crippen molar-refractivity contribution in [3.8, 4) is 17.1 Å². The summed E-state index contributed by atoms with van der Waals surface area (Å²) in [7, 11) is 1.71. The molecule has 2 fully saturated rings. The van der Waals surface area contributed by atoms with Crippen molar-refractivity contribution in [2.75, 3.05) is 18.4 Å². The number of nitrogens with one attached hydrogen (secondary N) is 1. The molecule has 208 valence electrons. The van der Waals surface area contributed by atoms with Crippen molar-refractivity contribution in [3.05, 3.63) is 59.0 Å². The lowest BCUT2D eigenvalue weighted by atomic mass is 10.0. The molecule has 2 aliphatic heterocycles. The molecular weight excluding hydrogens is 527 g/mol. The van der Waals surface area contributed by atoms with Crippen molar-refractivity contribution in [2.45, 2.75) is 38.3 Å². The molecule has 13 heteroatoms. The number of anilines is 1. The van der Waals surface area contributed by atoms with Crippen LogP contribution in [0.15, 0.2) is 35.6 Å². The van der Waals surface area contributed by atoms with Gasteiger partial charge in [-0.1, -0.05) is 0 Å². The molecule has 3 aliphatic rings. The minimum Gasteiger partial charge on any atom is -0.483 e. The molecule has 0 bridgehead atoms. The van der Waals surface area contributed by atoms with Crippen LogP contribution in [0.25, 0.3) is 11.4 Å². The Hall–Kier alpha value is -4.42. The number of pyridine rings is 1. The largest absolute Gasteiger partial charge is 0.483 e. The van der Waals surface area contributed by atoms with E-state index in [1.165, 1.54) is 34.3 Å². The Bertz CT molecular complexity index is 1510. The lowest BCUT2D eigenvalue weighted by Crippen LogP contribution is -2.58. The first kappa shape index (κ1) is 25.8. The Kier molecular flexibility index (Phi) is 6.43. The Morgan fingerprint density at radius 3 is 2.50 bits per heavy atom. The van der Waals surface area contributed by atoms with Crippen LogP contribution in [-0.2, 0) is 11.8 Å². The summed E-state index contributed by atoms with van der Waals surface area (Å²) in [4.78, 5) is 30.9. The number of carbonyl (C=O) groups is 2. The number of hydrogen-bond acceptors (Lipinski definition) is 6. The third-order valence-electron chi connectivity index (χ3n) is 7.24. The average molecular weight is 554 g/mol. The lowest BCUT2D eigenvalue weighted by Gasteiger charge is -2.41. The Morgan fingerprint density at radius 2 is 1.80 bits per heavy atom. The van der Waals surface area contributed by atoms with Gasteiger partial charge in [0, 0.05) is 43.3 Å². The normalized spacial score (nSPS) is 18.7. The number of rotatable bonds is 6. The fraction of sp³-hybridized carbons (Fsp3) is 0.370. The number of amides is 3. The van der Waals surface area contributed by atoms with Crippen LogP contribution in [0.2, 0.25) is 0 Å². The molecule has 10 nitrogen and oxygen atoms in total. The topological polar surface area (TPSA) is 105 Å². The van der Waals surface area contributed by atoms with Crippen LogP contribution in [0.3, 0.4) is 0 Å². The first-order valence-electron chi connectivity index (χ1n) is 12.9. The Labute approximate surface area is 227 Å². The smallest absolute Gasteiger partial charge is 0.341 e. The van der Waals surface area contributed by atoms with Crippen LogP contribution in [0, 0.1) is 30.3 Å². The fourth-order valence-corrected chi connectivity index (χ4v) is 4.95. The van der Waals surface area contributed by atoms with Gasteiger partial charge in [-0.05, 0) is 37.5 Å². The molecule has 1 saturated carbocycles. The van der Waals surface area contributed by atoms with Gasteiger partial charge in [0.25, 0.3) is 0 Å². The van der Waals surface area contributed by atoms with E-state index in [9.17, 15) is 22.8 Å². The van der Waals surface area contributed by atoms with Gasteiger partial charge >= 0.3 is 6.03 Å². The van der Waals surface area contributed by atoms with Crippen molar-refractivity contribution in [1.29, 1.82) is 0 Å². The first-order chi connectivity index (χ1) is 19.2. The van der Waals surface area contributed by atoms with E-state index in [1.54, 1.807) is 18.7 Å². The van der Waals surface area contributed by atoms with E-state index in [2.05, 4.69) is 20.5 Å². The summed E-state index contributed by atoms with van der Waals surface area (Å²) in [6.07, 6.45) is 4.17. The first-order valence-corrected chi connectivity index (χ1v) is 12.9. The number of carbonyl (C=O) groups excluding carboxylic acids is 2. The molecule has 1 saturated heterocycles. The molecule has 0 radical (unpaired) electrons. The van der Waals surface area contributed by atoms with Gasteiger partial charge in [0.1, 0.15) is 17.7 Å². The molecule has 0 unspecified atom stereocenters. The predicted octanol–water partition coefficient (Wildman–Crippen LogP) is 4.17. The highest BCUT2D eigenvalue weighted by atomic mass is 19.1. The van der Waals surface area contributed by atoms with Crippen LogP contribution in [0.4, 0.5) is 23.8 Å². The summed E-state index contributed by atoms with van der Waals surface area (Å²) in [5.74, 6) is -1.76. The second kappa shape index (κ2) is 9.96. The van der Waals surface area contributed by atoms with E-state index in [1.807, 2.05) is 0 Å². The number of likely N-dealkylation sites (tertiary alicyclic amines) is 1. The molecule has 40 heavy (non-hydrogen) atoms. The minimum atomic E-state index is -0.731. The zero-order valence-electron chi connectivity index (χ0n) is 21.8. The van der Waals surface area contributed by atoms with Gasteiger partial charge in [0.2, 0.25) is 5.91 Å². The van der Waals surface area contributed by atoms with Crippen molar-refractivity contribution in [2.24, 2.45) is 18.1 Å². The number of aryl methyl sites for hydroxylation is 1. The van der Waals surface area contributed by atoms with Crippen LogP contribution < -0.4 is 10.1 Å². The summed E-state index contributed by atoms with van der Waals surface area (Å²) in [5.41, 5.74) is 2.03. The van der Waals surface area contributed by atoms with Gasteiger partial charge in [-0.3, -0.25) is 14.5 Å². The zero-order valence-corrected chi connectivity index (χ0v) is 21.8. The van der Waals surface area contributed by atoms with Gasteiger partial charge in [-0.25, -0.2) is 23.0 Å². The van der Waals surface area contributed by atoms with E-state index in [0.717, 1.165) is 25.1 Å². The van der Waals surface area contributed by atoms with Crippen LogP contribution in [-0.4, -0.2) is 62.0 Å². The molecule has 1 atom stereocenters. The summed E-state index contributed by atoms with van der Waals surface area (Å²) >= 11 is 0. The summed E-state index contributed by atoms with van der Waals surface area (Å²) < 4.78 is 49.5. The molecule has 1 N–H and O–H groups in total. The molecule has 1 aromatic carbocycles. The maximum Gasteiger partial charge on any atom is 0.341 e. The Balaban J connectivity index is 1.12. The molecule has 0 spiro atoms. The second-order valence-corrected chi connectivity index (χ2v) is 10.2.